The van der Waals surface area contributed by atoms with Crippen LogP contribution in [-0.4, -0.2) is 28.4 Å². The third-order valence-electron chi connectivity index (χ3n) is 16.5. The number of fused-ring (bicyclic) bond motifs is 11. The summed E-state index contributed by atoms with van der Waals surface area (Å²) >= 11 is 0.0418. The molecular formula is C69H47B2N3O2Se. The summed E-state index contributed by atoms with van der Waals surface area (Å²) < 4.78 is 16.5. The van der Waals surface area contributed by atoms with Gasteiger partial charge in [-0.25, -0.2) is 0 Å². The average molecular weight is 1050 g/mol. The monoisotopic (exact) mass is 1050 g/mol. The molecule has 0 saturated heterocycles. The van der Waals surface area contributed by atoms with Gasteiger partial charge < -0.3 is 0 Å². The fourth-order valence-corrected chi connectivity index (χ4v) is 15.8. The first-order valence-corrected chi connectivity index (χ1v) is 28.3. The molecule has 0 fully saturated rings. The molecule has 11 aromatic carbocycles. The first-order valence-electron chi connectivity index (χ1n) is 26.5. The number of hydrogen-bond acceptors (Lipinski definition) is 5. The Morgan fingerprint density at radius 1 is 0.325 bits per heavy atom. The summed E-state index contributed by atoms with van der Waals surface area (Å²) in [6.07, 6.45) is 0. The van der Waals surface area contributed by atoms with E-state index in [0.29, 0.717) is 0 Å². The molecule has 0 aromatic heterocycles. The van der Waals surface area contributed by atoms with E-state index in [1.165, 1.54) is 64.0 Å². The molecule has 8 heteroatoms. The zero-order chi connectivity index (χ0) is 50.9. The van der Waals surface area contributed by atoms with Gasteiger partial charge >= 0.3 is 351 Å². The number of hydrogen-bond donors (Lipinski definition) is 0. The first-order chi connectivity index (χ1) is 37.9. The Balaban J connectivity index is 0.980. The van der Waals surface area contributed by atoms with Crippen LogP contribution in [0, 0.1) is 0 Å². The second-order valence-electron chi connectivity index (χ2n) is 21.2. The molecule has 0 atom stereocenters. The van der Waals surface area contributed by atoms with E-state index in [1.54, 1.807) is 0 Å². The van der Waals surface area contributed by atoms with E-state index in [0.717, 1.165) is 74.2 Å². The maximum atomic E-state index is 7.01. The van der Waals surface area contributed by atoms with Gasteiger partial charge in [0.2, 0.25) is 0 Å². The van der Waals surface area contributed by atoms with E-state index in [2.05, 4.69) is 217 Å². The molecule has 11 aromatic rings. The molecule has 362 valence electrons. The summed E-state index contributed by atoms with van der Waals surface area (Å²) in [5.41, 5.74) is 23.0. The van der Waals surface area contributed by atoms with Gasteiger partial charge in [-0.15, -0.1) is 0 Å². The SMILES string of the molecule is CC1(C)c2ccccc2-c2ccc(N3c4ccccc4B4c5cc6c(cc5N(c5ccccc5)c5cc(Oc7ccccc7)cc3c54)N(c3ccccc3)c3cc(Oc4ccccc4)cc4c3B6c3ccccc3[Se]4)cc21. The number of benzene rings is 11. The molecule has 0 N–H and O–H groups in total. The van der Waals surface area contributed by atoms with E-state index >= 15 is 0 Å². The molecule has 0 bridgehead atoms. The molecule has 5 nitrogen and oxygen atoms in total. The van der Waals surface area contributed by atoms with Crippen LogP contribution >= 0.6 is 0 Å². The predicted octanol–water partition coefficient (Wildman–Crippen LogP) is 11.9. The van der Waals surface area contributed by atoms with Gasteiger partial charge in [0.05, 0.1) is 0 Å². The van der Waals surface area contributed by atoms with Crippen molar-refractivity contribution in [1.29, 1.82) is 0 Å². The third-order valence-corrected chi connectivity index (χ3v) is 18.9. The minimum Gasteiger partial charge on any atom is -0.0280 e. The normalized spacial score (nSPS) is 14.3. The Morgan fingerprint density at radius 3 is 1.47 bits per heavy atom. The second-order valence-corrected chi connectivity index (χ2v) is 23.4. The number of nitrogens with zero attached hydrogens (tertiary/aromatic N) is 3. The van der Waals surface area contributed by atoms with Gasteiger partial charge in [0.25, 0.3) is 0 Å². The van der Waals surface area contributed by atoms with E-state index in [1.807, 2.05) is 60.7 Å². The summed E-state index contributed by atoms with van der Waals surface area (Å²) in [6, 6.07) is 90.9. The van der Waals surface area contributed by atoms with Crippen molar-refractivity contribution in [2.24, 2.45) is 0 Å². The molecule has 5 aliphatic rings. The third kappa shape index (κ3) is 6.75. The van der Waals surface area contributed by atoms with E-state index in [9.17, 15) is 0 Å². The number of anilines is 9. The van der Waals surface area contributed by atoms with Crippen LogP contribution in [-0.2, 0) is 5.41 Å². The molecule has 4 aliphatic heterocycles. The van der Waals surface area contributed by atoms with Crippen LogP contribution in [0.2, 0.25) is 0 Å². The Kier molecular flexibility index (Phi) is 9.82. The number of para-hydroxylation sites is 5. The Hall–Kier alpha value is -8.93. The molecule has 0 unspecified atom stereocenters. The van der Waals surface area contributed by atoms with Gasteiger partial charge in [0, 0.05) is 5.41 Å². The topological polar surface area (TPSA) is 28.2 Å². The smallest absolute Gasteiger partial charge is 0.0280 e. The first kappa shape index (κ1) is 44.4. The fourth-order valence-electron chi connectivity index (χ4n) is 13.3. The van der Waals surface area contributed by atoms with Gasteiger partial charge in [0.15, 0.2) is 0 Å². The Morgan fingerprint density at radius 2 is 0.818 bits per heavy atom. The Bertz CT molecular complexity index is 4210. The zero-order valence-electron chi connectivity index (χ0n) is 42.4. The van der Waals surface area contributed by atoms with Crippen LogP contribution < -0.4 is 65.9 Å². The van der Waals surface area contributed by atoms with Crippen molar-refractivity contribution in [2.45, 2.75) is 19.3 Å². The average Bonchev–Trinajstić information content (AvgIpc) is 3.88. The van der Waals surface area contributed by atoms with Crippen molar-refractivity contribution in [2.75, 3.05) is 14.7 Å². The van der Waals surface area contributed by atoms with E-state index in [4.69, 9.17) is 9.47 Å². The van der Waals surface area contributed by atoms with Crippen LogP contribution in [0.5, 0.6) is 23.0 Å². The van der Waals surface area contributed by atoms with Crippen molar-refractivity contribution in [3.8, 4) is 34.1 Å². The van der Waals surface area contributed by atoms with Crippen molar-refractivity contribution in [1.82, 2.24) is 0 Å². The molecule has 0 spiro atoms. The summed E-state index contributed by atoms with van der Waals surface area (Å²) in [7, 11) is 0. The molecule has 4 heterocycles. The molecule has 77 heavy (non-hydrogen) atoms. The van der Waals surface area contributed by atoms with Crippen LogP contribution in [0.1, 0.15) is 25.0 Å². The van der Waals surface area contributed by atoms with Crippen LogP contribution in [0.4, 0.5) is 51.2 Å². The maximum absolute atomic E-state index is 7.01. The molecule has 0 amide bonds. The van der Waals surface area contributed by atoms with Crippen molar-refractivity contribution in [3.05, 3.63) is 260 Å². The number of rotatable bonds is 7. The minimum atomic E-state index is -0.179. The minimum absolute atomic E-state index is 0.0141. The molecule has 0 saturated carbocycles. The standard InChI is InChI=1S/C69H47B2N3O2Se/c1-69(2)53-30-16-15-29-51(53)52-36-35-46(37-54(52)69)74-59-33-19-17-31-55(59)70-57-42-58-61(43-60(57)72(44-21-7-3-8-22-44)62-38-49(39-63(74)67(62)70)75-47-25-11-5-12-26-47)73(45-23-9-4-10-24-45)64-40-50(76-48-27-13-6-14-28-48)41-66-68(64)71(58)56-32-18-20-34-65(56)77-66/h3-43H,1-2H3. The van der Waals surface area contributed by atoms with Crippen molar-refractivity contribution < 1.29 is 9.47 Å². The fraction of sp³-hybridized carbons (Fsp3) is 0.0435. The Labute approximate surface area is 456 Å². The van der Waals surface area contributed by atoms with Crippen LogP contribution in [0.15, 0.2) is 249 Å². The van der Waals surface area contributed by atoms with Crippen LogP contribution in [0.3, 0.4) is 0 Å². The van der Waals surface area contributed by atoms with E-state index < -0.39 is 0 Å². The quantitative estimate of drug-likeness (QED) is 0.148. The zero-order valence-corrected chi connectivity index (χ0v) is 44.1. The number of ether oxygens (including phenoxy) is 2. The summed E-state index contributed by atoms with van der Waals surface area (Å²) in [4.78, 5) is 7.53. The summed E-state index contributed by atoms with van der Waals surface area (Å²) in [5, 5.41) is 0. The van der Waals surface area contributed by atoms with Gasteiger partial charge in [0.1, 0.15) is 5.75 Å². The van der Waals surface area contributed by atoms with Gasteiger partial charge in [-0.05, 0) is 34.4 Å². The molecule has 0 radical (unpaired) electrons. The van der Waals surface area contributed by atoms with Crippen LogP contribution in [0.25, 0.3) is 11.1 Å². The van der Waals surface area contributed by atoms with Crippen molar-refractivity contribution in [3.63, 3.8) is 0 Å². The molecule has 1 aliphatic carbocycles. The van der Waals surface area contributed by atoms with Crippen molar-refractivity contribution >= 4 is 121 Å². The summed E-state index contributed by atoms with van der Waals surface area (Å²) in [5.74, 6) is 3.21. The predicted molar refractivity (Wildman–Crippen MR) is 322 cm³/mol. The van der Waals surface area contributed by atoms with Gasteiger partial charge in [-0.2, -0.15) is 0 Å². The second kappa shape index (κ2) is 17.0. The van der Waals surface area contributed by atoms with Gasteiger partial charge in [-0.1, -0.05) is 62.4 Å². The molecular weight excluding hydrogens is 1000 g/mol. The molecule has 16 rings (SSSR count). The van der Waals surface area contributed by atoms with Gasteiger partial charge in [-0.3, -0.25) is 0 Å². The van der Waals surface area contributed by atoms with E-state index in [-0.39, 0.29) is 33.8 Å². The summed E-state index contributed by atoms with van der Waals surface area (Å²) in [6.45, 7) is 4.61.